The number of aromatic hydroxyl groups is 2. The third-order valence-electron chi connectivity index (χ3n) is 9.91. The van der Waals surface area contributed by atoms with E-state index in [1.54, 1.807) is 24.3 Å². The van der Waals surface area contributed by atoms with Crippen LogP contribution in [0.1, 0.15) is 22.3 Å². The van der Waals surface area contributed by atoms with Crippen molar-refractivity contribution in [3.05, 3.63) is 192 Å². The number of fused-ring (bicyclic) bond motifs is 5. The van der Waals surface area contributed by atoms with Gasteiger partial charge in [-0.3, -0.25) is 0 Å². The number of hydrogen-bond donors (Lipinski definition) is 2. The molecule has 1 aliphatic rings. The van der Waals surface area contributed by atoms with E-state index in [0.717, 1.165) is 22.3 Å². The lowest BCUT2D eigenvalue weighted by atomic mass is 9.67. The van der Waals surface area contributed by atoms with E-state index >= 15 is 0 Å². The van der Waals surface area contributed by atoms with Crippen molar-refractivity contribution in [1.29, 1.82) is 0 Å². The fourth-order valence-electron chi connectivity index (χ4n) is 7.82. The van der Waals surface area contributed by atoms with E-state index in [2.05, 4.69) is 121 Å². The van der Waals surface area contributed by atoms with Gasteiger partial charge >= 0.3 is 0 Å². The maximum atomic E-state index is 10.4. The van der Waals surface area contributed by atoms with Crippen LogP contribution in [-0.2, 0) is 5.41 Å². The van der Waals surface area contributed by atoms with Crippen molar-refractivity contribution < 1.29 is 10.2 Å². The monoisotopic (exact) mass is 602 g/mol. The minimum absolute atomic E-state index is 0.225. The summed E-state index contributed by atoms with van der Waals surface area (Å²) in [5.41, 5.74) is 10.8. The van der Waals surface area contributed by atoms with Crippen molar-refractivity contribution in [2.45, 2.75) is 5.41 Å². The minimum atomic E-state index is -0.703. The molecule has 0 amide bonds. The number of benzene rings is 8. The summed E-state index contributed by atoms with van der Waals surface area (Å²) in [5, 5.41) is 25.6. The van der Waals surface area contributed by atoms with Gasteiger partial charge in [-0.1, -0.05) is 133 Å². The molecule has 0 saturated heterocycles. The van der Waals surface area contributed by atoms with Crippen LogP contribution in [-0.4, -0.2) is 10.2 Å². The van der Waals surface area contributed by atoms with E-state index in [0.29, 0.717) is 0 Å². The zero-order valence-electron chi connectivity index (χ0n) is 25.6. The van der Waals surface area contributed by atoms with Gasteiger partial charge in [-0.2, -0.15) is 0 Å². The lowest BCUT2D eigenvalue weighted by Gasteiger charge is -2.34. The fraction of sp³-hybridized carbons (Fsp3) is 0.0222. The predicted octanol–water partition coefficient (Wildman–Crippen LogP) is 11.1. The summed E-state index contributed by atoms with van der Waals surface area (Å²) in [7, 11) is 0. The molecule has 0 aliphatic heterocycles. The Labute approximate surface area is 273 Å². The van der Waals surface area contributed by atoms with Crippen LogP contribution in [0.5, 0.6) is 11.5 Å². The molecule has 0 aromatic heterocycles. The van der Waals surface area contributed by atoms with Crippen molar-refractivity contribution in [3.8, 4) is 44.9 Å². The number of phenols is 2. The molecule has 47 heavy (non-hydrogen) atoms. The fourth-order valence-corrected chi connectivity index (χ4v) is 7.82. The molecule has 0 spiro atoms. The summed E-state index contributed by atoms with van der Waals surface area (Å²) < 4.78 is 0. The Hall–Kier alpha value is -6.12. The average molecular weight is 603 g/mol. The first-order valence-corrected chi connectivity index (χ1v) is 16.0. The smallest absolute Gasteiger partial charge is 0.115 e. The molecule has 8 aromatic carbocycles. The Kier molecular flexibility index (Phi) is 6.06. The molecule has 0 radical (unpaired) electrons. The Balaban J connectivity index is 1.43. The van der Waals surface area contributed by atoms with Crippen LogP contribution in [0.2, 0.25) is 0 Å². The van der Waals surface area contributed by atoms with Gasteiger partial charge in [0, 0.05) is 0 Å². The van der Waals surface area contributed by atoms with Crippen LogP contribution < -0.4 is 0 Å². The molecule has 1 aliphatic carbocycles. The second kappa shape index (κ2) is 10.5. The van der Waals surface area contributed by atoms with Gasteiger partial charge in [-0.05, 0) is 114 Å². The molecule has 9 rings (SSSR count). The van der Waals surface area contributed by atoms with Gasteiger partial charge in [0.25, 0.3) is 0 Å². The molecular weight excluding hydrogens is 572 g/mol. The number of hydrogen-bond acceptors (Lipinski definition) is 2. The first kappa shape index (κ1) is 27.2. The van der Waals surface area contributed by atoms with Gasteiger partial charge < -0.3 is 10.2 Å². The molecule has 222 valence electrons. The summed E-state index contributed by atoms with van der Waals surface area (Å²) in [6.07, 6.45) is 0. The molecule has 0 saturated carbocycles. The third kappa shape index (κ3) is 4.12. The molecule has 2 nitrogen and oxygen atoms in total. The summed E-state index contributed by atoms with van der Waals surface area (Å²) in [6.45, 7) is 0. The Morgan fingerprint density at radius 2 is 0.745 bits per heavy atom. The van der Waals surface area contributed by atoms with Crippen LogP contribution in [0.25, 0.3) is 54.9 Å². The Bertz CT molecular complexity index is 2300. The van der Waals surface area contributed by atoms with Gasteiger partial charge in [0.2, 0.25) is 0 Å². The third-order valence-corrected chi connectivity index (χ3v) is 9.91. The van der Waals surface area contributed by atoms with Gasteiger partial charge in [0.05, 0.1) is 5.41 Å². The van der Waals surface area contributed by atoms with Crippen molar-refractivity contribution in [2.24, 2.45) is 0 Å². The maximum absolute atomic E-state index is 10.4. The van der Waals surface area contributed by atoms with E-state index in [1.807, 2.05) is 24.3 Å². The number of rotatable bonds is 4. The highest BCUT2D eigenvalue weighted by atomic mass is 16.3. The zero-order valence-corrected chi connectivity index (χ0v) is 25.6. The van der Waals surface area contributed by atoms with E-state index in [9.17, 15) is 10.2 Å². The molecular formula is C45H30O2. The molecule has 8 aromatic rings. The van der Waals surface area contributed by atoms with E-state index < -0.39 is 5.41 Å². The summed E-state index contributed by atoms with van der Waals surface area (Å²) in [6, 6.07) is 59.0. The maximum Gasteiger partial charge on any atom is 0.115 e. The SMILES string of the molecule is Oc1ccc(C2(c3ccc(O)cc3)c3cccc(-c4ccc5ccccc5c4)c3-c3c(-c4ccc5ccccc5c4)cccc32)cc1. The van der Waals surface area contributed by atoms with Crippen molar-refractivity contribution in [1.82, 2.24) is 0 Å². The Morgan fingerprint density at radius 1 is 0.340 bits per heavy atom. The standard InChI is InChI=1S/C45H30O2/c46-37-23-19-35(20-24-37)45(36-21-25-38(47)26-22-36)41-13-5-11-39(33-17-15-29-7-1-3-9-31(29)27-33)43(41)44-40(12-6-14-42(44)45)34-18-16-30-8-2-4-10-32(30)28-34/h1-28,46-47H. The second-order valence-electron chi connectivity index (χ2n) is 12.4. The van der Waals surface area contributed by atoms with Crippen molar-refractivity contribution in [2.75, 3.05) is 0 Å². The predicted molar refractivity (Wildman–Crippen MR) is 193 cm³/mol. The lowest BCUT2D eigenvalue weighted by Crippen LogP contribution is -2.28. The summed E-state index contributed by atoms with van der Waals surface area (Å²) in [4.78, 5) is 0. The first-order chi connectivity index (χ1) is 23.1. The van der Waals surface area contributed by atoms with Gasteiger partial charge in [-0.25, -0.2) is 0 Å². The first-order valence-electron chi connectivity index (χ1n) is 16.0. The minimum Gasteiger partial charge on any atom is -0.508 e. The molecule has 2 N–H and O–H groups in total. The molecule has 0 fully saturated rings. The van der Waals surface area contributed by atoms with Gasteiger partial charge in [0.15, 0.2) is 0 Å². The van der Waals surface area contributed by atoms with Crippen LogP contribution in [0, 0.1) is 0 Å². The second-order valence-corrected chi connectivity index (χ2v) is 12.4. The topological polar surface area (TPSA) is 40.5 Å². The average Bonchev–Trinajstić information content (AvgIpc) is 3.43. The molecule has 0 heterocycles. The molecule has 0 atom stereocenters. The van der Waals surface area contributed by atoms with E-state index in [-0.39, 0.29) is 11.5 Å². The van der Waals surface area contributed by atoms with Crippen LogP contribution >= 0.6 is 0 Å². The highest BCUT2D eigenvalue weighted by Crippen LogP contribution is 2.60. The summed E-state index contributed by atoms with van der Waals surface area (Å²) in [5.74, 6) is 0.450. The number of phenolic OH excluding ortho intramolecular Hbond substituents is 2. The van der Waals surface area contributed by atoms with Gasteiger partial charge in [0.1, 0.15) is 11.5 Å². The summed E-state index contributed by atoms with van der Waals surface area (Å²) >= 11 is 0. The van der Waals surface area contributed by atoms with E-state index in [4.69, 9.17) is 0 Å². The zero-order chi connectivity index (χ0) is 31.5. The quantitative estimate of drug-likeness (QED) is 0.210. The highest BCUT2D eigenvalue weighted by Gasteiger charge is 2.47. The van der Waals surface area contributed by atoms with Crippen molar-refractivity contribution >= 4 is 21.5 Å². The molecule has 0 bridgehead atoms. The van der Waals surface area contributed by atoms with E-state index in [1.165, 1.54) is 54.9 Å². The Morgan fingerprint density at radius 3 is 1.17 bits per heavy atom. The van der Waals surface area contributed by atoms with Gasteiger partial charge in [-0.15, -0.1) is 0 Å². The lowest BCUT2D eigenvalue weighted by molar-refractivity contribution is 0.475. The largest absolute Gasteiger partial charge is 0.508 e. The van der Waals surface area contributed by atoms with Crippen LogP contribution in [0.4, 0.5) is 0 Å². The van der Waals surface area contributed by atoms with Crippen LogP contribution in [0.3, 0.4) is 0 Å². The van der Waals surface area contributed by atoms with Crippen molar-refractivity contribution in [3.63, 3.8) is 0 Å². The normalized spacial score (nSPS) is 13.0. The molecule has 2 heteroatoms. The van der Waals surface area contributed by atoms with Crippen LogP contribution in [0.15, 0.2) is 170 Å². The molecule has 0 unspecified atom stereocenters. The highest BCUT2D eigenvalue weighted by molar-refractivity contribution is 6.03.